The van der Waals surface area contributed by atoms with Gasteiger partial charge in [0, 0.05) is 19.6 Å². The molecule has 0 saturated carbocycles. The lowest BCUT2D eigenvalue weighted by molar-refractivity contribution is 0.279. The Morgan fingerprint density at radius 3 is 2.24 bits per heavy atom. The summed E-state index contributed by atoms with van der Waals surface area (Å²) in [5, 5.41) is 3.21. The van der Waals surface area contributed by atoms with E-state index in [1.165, 1.54) is 11.1 Å². The molecule has 4 nitrogen and oxygen atoms in total. The quantitative estimate of drug-likeness (QED) is 0.412. The van der Waals surface area contributed by atoms with Crippen LogP contribution in [0.15, 0.2) is 64.2 Å². The van der Waals surface area contributed by atoms with Gasteiger partial charge in [-0.1, -0.05) is 75.4 Å². The van der Waals surface area contributed by atoms with Crippen LogP contribution in [0.2, 0.25) is 0 Å². The topological polar surface area (TPSA) is 49.4 Å². The normalized spacial score (nSPS) is 11.5. The molecule has 0 spiro atoms. The molecule has 4 heteroatoms. The average Bonchev–Trinajstić information content (AvgIpc) is 2.75. The van der Waals surface area contributed by atoms with Crippen molar-refractivity contribution in [3.8, 4) is 11.1 Å². The zero-order valence-electron chi connectivity index (χ0n) is 17.6. The number of benzene rings is 2. The second-order valence-electron chi connectivity index (χ2n) is 7.82. The number of hydrogen-bond donors (Lipinski definition) is 1. The fraction of sp³-hybridized carbons (Fsp3) is 0.360. The summed E-state index contributed by atoms with van der Waals surface area (Å²) in [6, 6.07) is 18.4. The zero-order chi connectivity index (χ0) is 20.8. The number of nitrogens with one attached hydrogen (secondary N) is 1. The lowest BCUT2D eigenvalue weighted by Gasteiger charge is -2.21. The molecule has 0 bridgehead atoms. The Bertz CT molecular complexity index is 984. The van der Waals surface area contributed by atoms with E-state index < -0.39 is 5.43 Å². The summed E-state index contributed by atoms with van der Waals surface area (Å²) in [4.78, 5) is 26.6. The van der Waals surface area contributed by atoms with E-state index in [1.54, 1.807) is 0 Å². The molecule has 0 fully saturated rings. The van der Waals surface area contributed by atoms with Crippen molar-refractivity contribution in [3.05, 3.63) is 86.2 Å². The summed E-state index contributed by atoms with van der Waals surface area (Å²) in [6.07, 6.45) is 0.908. The largest absolute Gasteiger partial charge is 0.381 e. The lowest BCUT2D eigenvalue weighted by atomic mass is 9.95. The molecule has 0 aliphatic rings. The van der Waals surface area contributed by atoms with Crippen LogP contribution in [0, 0.1) is 0 Å². The predicted octanol–water partition coefficient (Wildman–Crippen LogP) is 4.40. The lowest BCUT2D eigenvalue weighted by Crippen LogP contribution is -2.36. The maximum Gasteiger partial charge on any atom is 0.250 e. The monoisotopic (exact) mass is 390 g/mol. The molecular formula is C25H30N2O2. The molecule has 152 valence electrons. The average molecular weight is 391 g/mol. The Labute approximate surface area is 172 Å². The summed E-state index contributed by atoms with van der Waals surface area (Å²) in [6.45, 7) is 9.94. The fourth-order valence-electron chi connectivity index (χ4n) is 3.58. The molecular weight excluding hydrogens is 360 g/mol. The summed E-state index contributed by atoms with van der Waals surface area (Å²) in [5.41, 5.74) is 3.56. The molecule has 3 rings (SSSR count). The van der Waals surface area contributed by atoms with Gasteiger partial charge in [-0.15, -0.1) is 0 Å². The van der Waals surface area contributed by atoms with E-state index in [0.29, 0.717) is 23.7 Å². The minimum Gasteiger partial charge on any atom is -0.381 e. The van der Waals surface area contributed by atoms with Crippen LogP contribution in [0.5, 0.6) is 0 Å². The summed E-state index contributed by atoms with van der Waals surface area (Å²) >= 11 is 0. The highest BCUT2D eigenvalue weighted by atomic mass is 16.2. The van der Waals surface area contributed by atoms with Gasteiger partial charge < -0.3 is 5.32 Å². The fourth-order valence-corrected chi connectivity index (χ4v) is 3.58. The van der Waals surface area contributed by atoms with E-state index >= 15 is 0 Å². The first-order valence-electron chi connectivity index (χ1n) is 10.4. The molecule has 0 aliphatic carbocycles. The Hall–Kier alpha value is -2.72. The minimum atomic E-state index is -0.399. The van der Waals surface area contributed by atoms with Crippen LogP contribution in [0.25, 0.3) is 11.1 Å². The predicted molar refractivity (Wildman–Crippen MR) is 121 cm³/mol. The van der Waals surface area contributed by atoms with Gasteiger partial charge in [-0.25, -0.2) is 0 Å². The maximum atomic E-state index is 12.1. The standard InChI is InChI=1S/C25H30N2O2/c1-4-27(17-19-9-6-5-7-10-19)16-8-15-26-23-22(24(28)25(23)29)21-13-11-20(12-14-21)18(2)3/h5-7,9-14,18,26H,4,8,15-17H2,1-3H3. The highest BCUT2D eigenvalue weighted by Crippen LogP contribution is 2.25. The highest BCUT2D eigenvalue weighted by Gasteiger charge is 2.21. The second-order valence-corrected chi connectivity index (χ2v) is 7.82. The van der Waals surface area contributed by atoms with E-state index in [0.717, 1.165) is 31.6 Å². The zero-order valence-corrected chi connectivity index (χ0v) is 17.6. The first-order valence-corrected chi connectivity index (χ1v) is 10.4. The Balaban J connectivity index is 1.57. The van der Waals surface area contributed by atoms with Crippen molar-refractivity contribution < 1.29 is 0 Å². The van der Waals surface area contributed by atoms with Crippen molar-refractivity contribution in [2.75, 3.05) is 25.0 Å². The number of anilines is 1. The van der Waals surface area contributed by atoms with Crippen molar-refractivity contribution in [1.29, 1.82) is 0 Å². The van der Waals surface area contributed by atoms with Gasteiger partial charge in [-0.05, 0) is 35.6 Å². The second kappa shape index (κ2) is 9.66. The molecule has 0 heterocycles. The van der Waals surface area contributed by atoms with Gasteiger partial charge in [-0.3, -0.25) is 14.5 Å². The molecule has 3 aromatic rings. The first-order chi connectivity index (χ1) is 14.0. The third-order valence-electron chi connectivity index (χ3n) is 5.43. The number of hydrogen-bond acceptors (Lipinski definition) is 4. The Morgan fingerprint density at radius 1 is 0.931 bits per heavy atom. The van der Waals surface area contributed by atoms with Gasteiger partial charge in [0.25, 0.3) is 0 Å². The van der Waals surface area contributed by atoms with Crippen molar-refractivity contribution >= 4 is 5.69 Å². The molecule has 1 N–H and O–H groups in total. The number of rotatable bonds is 10. The molecule has 29 heavy (non-hydrogen) atoms. The van der Waals surface area contributed by atoms with E-state index in [1.807, 2.05) is 30.3 Å². The summed E-state index contributed by atoms with van der Waals surface area (Å²) in [7, 11) is 0. The van der Waals surface area contributed by atoms with Crippen LogP contribution in [-0.4, -0.2) is 24.5 Å². The molecule has 0 saturated heterocycles. The van der Waals surface area contributed by atoms with Gasteiger partial charge in [-0.2, -0.15) is 0 Å². The van der Waals surface area contributed by atoms with Crippen LogP contribution in [0.4, 0.5) is 5.69 Å². The van der Waals surface area contributed by atoms with Gasteiger partial charge in [0.2, 0.25) is 10.9 Å². The molecule has 0 radical (unpaired) electrons. The molecule has 0 aliphatic heterocycles. The minimum absolute atomic E-state index is 0.385. The number of nitrogens with zero attached hydrogens (tertiary/aromatic N) is 1. The Kier molecular flexibility index (Phi) is 6.99. The molecule has 3 aromatic carbocycles. The Morgan fingerprint density at radius 2 is 1.62 bits per heavy atom. The molecule has 0 atom stereocenters. The van der Waals surface area contributed by atoms with E-state index in [4.69, 9.17) is 0 Å². The smallest absolute Gasteiger partial charge is 0.250 e. The SMILES string of the molecule is CCN(CCCNc1c(-c2ccc(C(C)C)cc2)c(=O)c1=O)Cc1ccccc1. The third-order valence-corrected chi connectivity index (χ3v) is 5.43. The maximum absolute atomic E-state index is 12.1. The van der Waals surface area contributed by atoms with Gasteiger partial charge in [0.1, 0.15) is 0 Å². The van der Waals surface area contributed by atoms with Crippen LogP contribution < -0.4 is 16.2 Å². The van der Waals surface area contributed by atoms with Crippen molar-refractivity contribution in [2.45, 2.75) is 39.7 Å². The van der Waals surface area contributed by atoms with Crippen molar-refractivity contribution in [3.63, 3.8) is 0 Å². The van der Waals surface area contributed by atoms with E-state index in [-0.39, 0.29) is 5.43 Å². The molecule has 0 aromatic heterocycles. The van der Waals surface area contributed by atoms with Crippen molar-refractivity contribution in [1.82, 2.24) is 4.90 Å². The van der Waals surface area contributed by atoms with Crippen LogP contribution in [-0.2, 0) is 6.54 Å². The van der Waals surface area contributed by atoms with Gasteiger partial charge in [0.15, 0.2) is 0 Å². The molecule has 0 unspecified atom stereocenters. The summed E-state index contributed by atoms with van der Waals surface area (Å²) < 4.78 is 0. The highest BCUT2D eigenvalue weighted by molar-refractivity contribution is 5.81. The van der Waals surface area contributed by atoms with E-state index in [2.05, 4.69) is 55.3 Å². The van der Waals surface area contributed by atoms with E-state index in [9.17, 15) is 9.59 Å². The third kappa shape index (κ3) is 5.01. The van der Waals surface area contributed by atoms with Gasteiger partial charge >= 0.3 is 0 Å². The molecule has 0 amide bonds. The van der Waals surface area contributed by atoms with Crippen molar-refractivity contribution in [2.24, 2.45) is 0 Å². The summed E-state index contributed by atoms with van der Waals surface area (Å²) in [5.74, 6) is 0.437. The van der Waals surface area contributed by atoms with Crippen LogP contribution in [0.3, 0.4) is 0 Å². The van der Waals surface area contributed by atoms with Crippen LogP contribution in [0.1, 0.15) is 44.2 Å². The van der Waals surface area contributed by atoms with Gasteiger partial charge in [0.05, 0.1) is 11.3 Å². The first kappa shape index (κ1) is 21.0. The van der Waals surface area contributed by atoms with Crippen LogP contribution >= 0.6 is 0 Å².